The minimum Gasteiger partial charge on any atom is -0.372 e. The highest BCUT2D eigenvalue weighted by Gasteiger charge is 2.42. The predicted molar refractivity (Wildman–Crippen MR) is 44.2 cm³/mol. The molecule has 1 unspecified atom stereocenters. The molecule has 0 bridgehead atoms. The summed E-state index contributed by atoms with van der Waals surface area (Å²) in [6.45, 7) is 3.91. The van der Waals surface area contributed by atoms with Crippen LogP contribution in [0.2, 0.25) is 0 Å². The molecule has 0 saturated carbocycles. The van der Waals surface area contributed by atoms with E-state index in [1.165, 1.54) is 6.20 Å². The Balaban J connectivity index is 2.60. The van der Waals surface area contributed by atoms with Crippen LogP contribution in [0.15, 0.2) is 12.8 Å². The van der Waals surface area contributed by atoms with Crippen molar-refractivity contribution in [1.29, 1.82) is 0 Å². The van der Waals surface area contributed by atoms with E-state index < -0.39 is 12.0 Å². The molecule has 1 aliphatic heterocycles. The fraction of sp³-hybridized carbons (Fsp3) is 0.750. The van der Waals surface area contributed by atoms with Crippen molar-refractivity contribution in [3.63, 3.8) is 0 Å². The van der Waals surface area contributed by atoms with Gasteiger partial charge in [0.2, 0.25) is 0 Å². The minimum absolute atomic E-state index is 0.220. The number of hydrogen-bond donors (Lipinski definition) is 1. The van der Waals surface area contributed by atoms with Crippen molar-refractivity contribution in [1.82, 2.24) is 10.2 Å². The molecule has 1 atom stereocenters. The van der Waals surface area contributed by atoms with Crippen LogP contribution < -0.4 is 5.32 Å². The second-order valence-electron chi connectivity index (χ2n) is 3.04. The van der Waals surface area contributed by atoms with Crippen LogP contribution in [0.1, 0.15) is 6.42 Å². The molecule has 1 N–H and O–H groups in total. The van der Waals surface area contributed by atoms with E-state index in [1.807, 2.05) is 0 Å². The van der Waals surface area contributed by atoms with Crippen LogP contribution in [0.3, 0.4) is 0 Å². The van der Waals surface area contributed by atoms with Gasteiger partial charge in [-0.05, 0) is 19.7 Å². The highest BCUT2D eigenvalue weighted by molar-refractivity contribution is 4.93. The van der Waals surface area contributed by atoms with Gasteiger partial charge in [0.1, 0.15) is 0 Å². The van der Waals surface area contributed by atoms with Crippen LogP contribution in [0.5, 0.6) is 0 Å². The summed E-state index contributed by atoms with van der Waals surface area (Å²) in [7, 11) is 1.57. The SMILES string of the molecule is C=CN1CCC(NC)C(F)(F)C1. The average molecular weight is 176 g/mol. The molecule has 70 valence electrons. The zero-order chi connectivity index (χ0) is 9.19. The molecule has 12 heavy (non-hydrogen) atoms. The first-order valence-electron chi connectivity index (χ1n) is 4.02. The molecular formula is C8H14F2N2. The summed E-state index contributed by atoms with van der Waals surface area (Å²) in [5.41, 5.74) is 0. The number of alkyl halides is 2. The lowest BCUT2D eigenvalue weighted by molar-refractivity contribution is -0.0774. The standard InChI is InChI=1S/C8H14F2N2/c1-3-12-5-4-7(11-2)8(9,10)6-12/h3,7,11H,1,4-6H2,2H3. The number of piperidine rings is 1. The fourth-order valence-electron chi connectivity index (χ4n) is 1.48. The molecule has 2 nitrogen and oxygen atoms in total. The van der Waals surface area contributed by atoms with Gasteiger partial charge in [0.15, 0.2) is 0 Å². The number of nitrogens with one attached hydrogen (secondary N) is 1. The molecule has 4 heteroatoms. The lowest BCUT2D eigenvalue weighted by Crippen LogP contribution is -2.54. The summed E-state index contributed by atoms with van der Waals surface area (Å²) >= 11 is 0. The smallest absolute Gasteiger partial charge is 0.280 e. The van der Waals surface area contributed by atoms with Crippen molar-refractivity contribution >= 4 is 0 Å². The molecule has 1 saturated heterocycles. The van der Waals surface area contributed by atoms with Crippen LogP contribution in [0, 0.1) is 0 Å². The molecule has 1 rings (SSSR count). The van der Waals surface area contributed by atoms with Crippen molar-refractivity contribution in [3.05, 3.63) is 12.8 Å². The largest absolute Gasteiger partial charge is 0.372 e. The summed E-state index contributed by atoms with van der Waals surface area (Å²) in [6.07, 6.45) is 1.94. The maximum absolute atomic E-state index is 13.2. The normalized spacial score (nSPS) is 28.6. The first-order valence-corrected chi connectivity index (χ1v) is 4.02. The van der Waals surface area contributed by atoms with Crippen molar-refractivity contribution in [2.24, 2.45) is 0 Å². The Morgan fingerprint density at radius 2 is 2.33 bits per heavy atom. The van der Waals surface area contributed by atoms with E-state index in [9.17, 15) is 8.78 Å². The van der Waals surface area contributed by atoms with Crippen molar-refractivity contribution < 1.29 is 8.78 Å². The Hall–Kier alpha value is -0.640. The summed E-state index contributed by atoms with van der Waals surface area (Å²) < 4.78 is 26.3. The van der Waals surface area contributed by atoms with Crippen LogP contribution >= 0.6 is 0 Å². The number of hydrogen-bond acceptors (Lipinski definition) is 2. The van der Waals surface area contributed by atoms with Gasteiger partial charge < -0.3 is 10.2 Å². The molecule has 1 heterocycles. The lowest BCUT2D eigenvalue weighted by Gasteiger charge is -2.37. The Morgan fingerprint density at radius 1 is 1.67 bits per heavy atom. The molecule has 0 spiro atoms. The maximum Gasteiger partial charge on any atom is 0.280 e. The Bertz CT molecular complexity index is 170. The predicted octanol–water partition coefficient (Wildman–Crippen LogP) is 1.06. The second kappa shape index (κ2) is 3.39. The molecule has 0 aromatic carbocycles. The van der Waals surface area contributed by atoms with E-state index in [0.29, 0.717) is 13.0 Å². The van der Waals surface area contributed by atoms with Gasteiger partial charge in [0.05, 0.1) is 12.6 Å². The first-order chi connectivity index (χ1) is 5.60. The zero-order valence-corrected chi connectivity index (χ0v) is 7.19. The van der Waals surface area contributed by atoms with Crippen LogP contribution in [0.25, 0.3) is 0 Å². The number of halogens is 2. The van der Waals surface area contributed by atoms with Gasteiger partial charge in [-0.25, -0.2) is 8.78 Å². The van der Waals surface area contributed by atoms with Crippen LogP contribution in [-0.4, -0.2) is 37.0 Å². The van der Waals surface area contributed by atoms with Gasteiger partial charge >= 0.3 is 0 Å². The van der Waals surface area contributed by atoms with Gasteiger partial charge in [-0.15, -0.1) is 0 Å². The van der Waals surface area contributed by atoms with E-state index in [-0.39, 0.29) is 6.54 Å². The summed E-state index contributed by atoms with van der Waals surface area (Å²) in [6, 6.07) is -0.686. The third-order valence-electron chi connectivity index (χ3n) is 2.24. The topological polar surface area (TPSA) is 15.3 Å². The molecule has 0 radical (unpaired) electrons. The number of rotatable bonds is 2. The van der Waals surface area contributed by atoms with E-state index in [0.717, 1.165) is 0 Å². The summed E-state index contributed by atoms with van der Waals surface area (Å²) in [5.74, 6) is -2.64. The molecule has 0 aliphatic carbocycles. The van der Waals surface area contributed by atoms with Gasteiger partial charge in [-0.3, -0.25) is 0 Å². The van der Waals surface area contributed by atoms with Gasteiger partial charge in [0, 0.05) is 6.54 Å². The van der Waals surface area contributed by atoms with Gasteiger partial charge in [0.25, 0.3) is 5.92 Å². The monoisotopic (exact) mass is 176 g/mol. The number of nitrogens with zero attached hydrogens (tertiary/aromatic N) is 1. The Kier molecular flexibility index (Phi) is 2.67. The quantitative estimate of drug-likeness (QED) is 0.676. The van der Waals surface area contributed by atoms with Crippen LogP contribution in [-0.2, 0) is 0 Å². The third kappa shape index (κ3) is 1.75. The Morgan fingerprint density at radius 3 is 2.75 bits per heavy atom. The minimum atomic E-state index is -2.64. The number of likely N-dealkylation sites (tertiary alicyclic amines) is 1. The van der Waals surface area contributed by atoms with Gasteiger partial charge in [-0.1, -0.05) is 6.58 Å². The van der Waals surface area contributed by atoms with Crippen molar-refractivity contribution in [3.8, 4) is 0 Å². The lowest BCUT2D eigenvalue weighted by atomic mass is 10.0. The van der Waals surface area contributed by atoms with E-state index in [1.54, 1.807) is 11.9 Å². The third-order valence-corrected chi connectivity index (χ3v) is 2.24. The molecule has 0 aromatic heterocycles. The highest BCUT2D eigenvalue weighted by atomic mass is 19.3. The van der Waals surface area contributed by atoms with E-state index in [2.05, 4.69) is 11.9 Å². The first kappa shape index (κ1) is 9.45. The average Bonchev–Trinajstić information content (AvgIpc) is 2.02. The van der Waals surface area contributed by atoms with Crippen molar-refractivity contribution in [2.75, 3.05) is 20.1 Å². The molecule has 0 amide bonds. The summed E-state index contributed by atoms with van der Waals surface area (Å²) in [5, 5.41) is 2.63. The molecule has 1 aliphatic rings. The van der Waals surface area contributed by atoms with E-state index >= 15 is 0 Å². The zero-order valence-electron chi connectivity index (χ0n) is 7.19. The van der Waals surface area contributed by atoms with Crippen LogP contribution in [0.4, 0.5) is 8.78 Å². The highest BCUT2D eigenvalue weighted by Crippen LogP contribution is 2.26. The second-order valence-corrected chi connectivity index (χ2v) is 3.04. The molecular weight excluding hydrogens is 162 g/mol. The van der Waals surface area contributed by atoms with Gasteiger partial charge in [-0.2, -0.15) is 0 Å². The van der Waals surface area contributed by atoms with E-state index in [4.69, 9.17) is 0 Å². The summed E-state index contributed by atoms with van der Waals surface area (Å²) in [4.78, 5) is 1.55. The van der Waals surface area contributed by atoms with Crippen molar-refractivity contribution in [2.45, 2.75) is 18.4 Å². The molecule has 1 fully saturated rings. The Labute approximate surface area is 71.2 Å². The maximum atomic E-state index is 13.2. The fourth-order valence-corrected chi connectivity index (χ4v) is 1.48. The molecule has 0 aromatic rings.